The number of halogens is 1. The Balaban J connectivity index is 2.30. The van der Waals surface area contributed by atoms with Crippen LogP contribution in [0.1, 0.15) is 28.7 Å². The minimum Gasteiger partial charge on any atom is -0.480 e. The van der Waals surface area contributed by atoms with Crippen LogP contribution in [0.15, 0.2) is 24.3 Å². The summed E-state index contributed by atoms with van der Waals surface area (Å²) in [6.45, 7) is 3.62. The molecule has 0 aliphatic heterocycles. The number of carboxylic acids is 1. The number of rotatable bonds is 6. The van der Waals surface area contributed by atoms with E-state index in [9.17, 15) is 14.0 Å². The zero-order valence-corrected chi connectivity index (χ0v) is 13.7. The second-order valence-electron chi connectivity index (χ2n) is 5.06. The van der Waals surface area contributed by atoms with E-state index in [0.29, 0.717) is 28.5 Å². The summed E-state index contributed by atoms with van der Waals surface area (Å²) in [6.07, 6.45) is 0.668. The minimum absolute atomic E-state index is 0.336. The predicted molar refractivity (Wildman–Crippen MR) is 86.1 cm³/mol. The molecule has 0 radical (unpaired) electrons. The topological polar surface area (TPSA) is 70.5 Å². The second kappa shape index (κ2) is 7.32. The van der Waals surface area contributed by atoms with Crippen LogP contribution < -0.4 is 0 Å². The van der Waals surface area contributed by atoms with Crippen molar-refractivity contribution in [2.45, 2.75) is 20.3 Å². The number of hydrogen-bond acceptors (Lipinski definition) is 4. The van der Waals surface area contributed by atoms with Gasteiger partial charge in [0, 0.05) is 12.1 Å². The minimum atomic E-state index is -1.05. The van der Waals surface area contributed by atoms with E-state index >= 15 is 0 Å². The molecule has 0 fully saturated rings. The summed E-state index contributed by atoms with van der Waals surface area (Å²) in [4.78, 5) is 29.6. The van der Waals surface area contributed by atoms with Gasteiger partial charge in [0.2, 0.25) is 0 Å². The number of nitrogens with zero attached hydrogens (tertiary/aromatic N) is 2. The average molecular weight is 336 g/mol. The Morgan fingerprint density at radius 3 is 2.52 bits per heavy atom. The van der Waals surface area contributed by atoms with Crippen molar-refractivity contribution >= 4 is 23.2 Å². The number of thiazole rings is 1. The van der Waals surface area contributed by atoms with Crippen LogP contribution in [0.3, 0.4) is 0 Å². The number of carbonyl (C=O) groups is 2. The largest absolute Gasteiger partial charge is 0.480 e. The number of carbonyl (C=O) groups excluding carboxylic acids is 1. The highest BCUT2D eigenvalue weighted by Crippen LogP contribution is 2.29. The van der Waals surface area contributed by atoms with Crippen LogP contribution in [0.4, 0.5) is 4.39 Å². The quantitative estimate of drug-likeness (QED) is 0.879. The molecule has 0 unspecified atom stereocenters. The Morgan fingerprint density at radius 1 is 1.30 bits per heavy atom. The molecule has 2 aromatic rings. The van der Waals surface area contributed by atoms with Crippen molar-refractivity contribution in [1.29, 1.82) is 0 Å². The molecule has 0 spiro atoms. The number of aromatic nitrogens is 1. The van der Waals surface area contributed by atoms with E-state index in [-0.39, 0.29) is 18.3 Å². The van der Waals surface area contributed by atoms with Gasteiger partial charge in [0.25, 0.3) is 5.91 Å². The maximum atomic E-state index is 13.0. The monoisotopic (exact) mass is 336 g/mol. The third-order valence-electron chi connectivity index (χ3n) is 3.19. The first-order valence-corrected chi connectivity index (χ1v) is 7.98. The molecule has 0 atom stereocenters. The second-order valence-corrected chi connectivity index (χ2v) is 6.06. The van der Waals surface area contributed by atoms with Crippen LogP contribution in [0.5, 0.6) is 0 Å². The van der Waals surface area contributed by atoms with E-state index in [2.05, 4.69) is 4.98 Å². The summed E-state index contributed by atoms with van der Waals surface area (Å²) in [5.41, 5.74) is 1.27. The lowest BCUT2D eigenvalue weighted by atomic mass is 10.2. The number of hydrogen-bond donors (Lipinski definition) is 1. The van der Waals surface area contributed by atoms with Gasteiger partial charge in [-0.1, -0.05) is 6.92 Å². The lowest BCUT2D eigenvalue weighted by Crippen LogP contribution is -2.36. The van der Waals surface area contributed by atoms with Gasteiger partial charge in [-0.15, -0.1) is 11.3 Å². The van der Waals surface area contributed by atoms with Crippen LogP contribution >= 0.6 is 11.3 Å². The van der Waals surface area contributed by atoms with Gasteiger partial charge in [0.15, 0.2) is 0 Å². The summed E-state index contributed by atoms with van der Waals surface area (Å²) in [5, 5.41) is 9.55. The molecule has 0 aliphatic carbocycles. The molecule has 1 amide bonds. The van der Waals surface area contributed by atoms with Gasteiger partial charge in [-0.05, 0) is 37.6 Å². The van der Waals surface area contributed by atoms with E-state index in [0.717, 1.165) is 5.56 Å². The number of aryl methyl sites for hydroxylation is 1. The molecule has 1 heterocycles. The SMILES string of the molecule is CCCN(CC(=O)O)C(=O)c1sc(-c2ccc(F)cc2)nc1C. The third-order valence-corrected chi connectivity index (χ3v) is 4.38. The molecule has 122 valence electrons. The number of amides is 1. The lowest BCUT2D eigenvalue weighted by molar-refractivity contribution is -0.137. The molecule has 1 N–H and O–H groups in total. The Kier molecular flexibility index (Phi) is 5.44. The van der Waals surface area contributed by atoms with Gasteiger partial charge >= 0.3 is 5.97 Å². The first kappa shape index (κ1) is 17.1. The Morgan fingerprint density at radius 2 is 1.96 bits per heavy atom. The normalized spacial score (nSPS) is 10.6. The van der Waals surface area contributed by atoms with Crippen molar-refractivity contribution in [3.63, 3.8) is 0 Å². The summed E-state index contributed by atoms with van der Waals surface area (Å²) < 4.78 is 13.0. The van der Waals surface area contributed by atoms with Crippen molar-refractivity contribution in [2.75, 3.05) is 13.1 Å². The van der Waals surface area contributed by atoms with Crippen LogP contribution in [0, 0.1) is 12.7 Å². The van der Waals surface area contributed by atoms with Gasteiger partial charge in [0.1, 0.15) is 22.2 Å². The molecule has 5 nitrogen and oxygen atoms in total. The fourth-order valence-corrected chi connectivity index (χ4v) is 3.18. The van der Waals surface area contributed by atoms with Gasteiger partial charge in [-0.2, -0.15) is 0 Å². The van der Waals surface area contributed by atoms with Crippen molar-refractivity contribution < 1.29 is 19.1 Å². The molecule has 0 aliphatic rings. The summed E-state index contributed by atoms with van der Waals surface area (Å²) in [7, 11) is 0. The fourth-order valence-electron chi connectivity index (χ4n) is 2.14. The van der Waals surface area contributed by atoms with Gasteiger partial charge in [-0.25, -0.2) is 9.37 Å². The molecule has 2 rings (SSSR count). The fraction of sp³-hybridized carbons (Fsp3) is 0.312. The van der Waals surface area contributed by atoms with Crippen molar-refractivity contribution in [3.05, 3.63) is 40.7 Å². The maximum absolute atomic E-state index is 13.0. The van der Waals surface area contributed by atoms with Crippen LogP contribution in [-0.2, 0) is 4.79 Å². The Labute approximate surface area is 137 Å². The van der Waals surface area contributed by atoms with Crippen LogP contribution in [0.25, 0.3) is 10.6 Å². The van der Waals surface area contributed by atoms with Crippen molar-refractivity contribution in [1.82, 2.24) is 9.88 Å². The Hall–Kier alpha value is -2.28. The standard InChI is InChI=1S/C16H17FN2O3S/c1-3-8-19(9-13(20)21)16(22)14-10(2)18-15(23-14)11-4-6-12(17)7-5-11/h4-7H,3,8-9H2,1-2H3,(H,20,21). The average Bonchev–Trinajstić information content (AvgIpc) is 2.88. The first-order chi connectivity index (χ1) is 10.9. The maximum Gasteiger partial charge on any atom is 0.323 e. The molecule has 0 saturated heterocycles. The van der Waals surface area contributed by atoms with Crippen LogP contribution in [0.2, 0.25) is 0 Å². The predicted octanol–water partition coefficient (Wildman–Crippen LogP) is 3.19. The highest BCUT2D eigenvalue weighted by molar-refractivity contribution is 7.17. The van der Waals surface area contributed by atoms with Gasteiger partial charge < -0.3 is 10.0 Å². The van der Waals surface area contributed by atoms with E-state index in [4.69, 9.17) is 5.11 Å². The van der Waals surface area contributed by atoms with E-state index in [1.54, 1.807) is 19.1 Å². The van der Waals surface area contributed by atoms with Gasteiger partial charge in [-0.3, -0.25) is 9.59 Å². The highest BCUT2D eigenvalue weighted by Gasteiger charge is 2.23. The summed E-state index contributed by atoms with van der Waals surface area (Å²) >= 11 is 1.19. The molecule has 0 bridgehead atoms. The molecule has 0 saturated carbocycles. The van der Waals surface area contributed by atoms with Crippen molar-refractivity contribution in [2.24, 2.45) is 0 Å². The molecule has 1 aromatic heterocycles. The number of aliphatic carboxylic acids is 1. The number of benzene rings is 1. The first-order valence-electron chi connectivity index (χ1n) is 7.16. The molecule has 7 heteroatoms. The third kappa shape index (κ3) is 4.13. The van der Waals surface area contributed by atoms with Crippen LogP contribution in [-0.4, -0.2) is 40.0 Å². The summed E-state index contributed by atoms with van der Waals surface area (Å²) in [6, 6.07) is 5.87. The van der Waals surface area contributed by atoms with E-state index in [1.807, 2.05) is 6.92 Å². The van der Waals surface area contributed by atoms with E-state index < -0.39 is 5.97 Å². The smallest absolute Gasteiger partial charge is 0.323 e. The lowest BCUT2D eigenvalue weighted by Gasteiger charge is -2.19. The van der Waals surface area contributed by atoms with E-state index in [1.165, 1.54) is 28.4 Å². The molecule has 1 aromatic carbocycles. The highest BCUT2D eigenvalue weighted by atomic mass is 32.1. The molecular weight excluding hydrogens is 319 g/mol. The molecule has 23 heavy (non-hydrogen) atoms. The molecular formula is C16H17FN2O3S. The zero-order chi connectivity index (χ0) is 17.0. The van der Waals surface area contributed by atoms with Gasteiger partial charge in [0.05, 0.1) is 5.69 Å². The Bertz CT molecular complexity index is 713. The van der Waals surface area contributed by atoms with Crippen molar-refractivity contribution in [3.8, 4) is 10.6 Å². The zero-order valence-electron chi connectivity index (χ0n) is 12.9. The number of carboxylic acid groups (broad SMARTS) is 1. The summed E-state index contributed by atoms with van der Waals surface area (Å²) in [5.74, 6) is -1.72.